The van der Waals surface area contributed by atoms with E-state index in [-0.39, 0.29) is 11.6 Å². The summed E-state index contributed by atoms with van der Waals surface area (Å²) < 4.78 is 7.93. The topological polar surface area (TPSA) is 39.1 Å². The third kappa shape index (κ3) is 3.86. The standard InChI is InChI=1S/C17H31N3O/c1-5-17(2,21-4)16(18-3)13-14-11-12-20(19-14)15-9-7-6-8-10-15/h11-12,15-16,18H,5-10,13H2,1-4H3. The van der Waals surface area contributed by atoms with Gasteiger partial charge in [0.2, 0.25) is 0 Å². The zero-order valence-electron chi connectivity index (χ0n) is 14.1. The molecule has 0 spiro atoms. The Morgan fingerprint density at radius 1 is 1.43 bits per heavy atom. The molecule has 1 heterocycles. The molecule has 2 rings (SSSR count). The van der Waals surface area contributed by atoms with Crippen molar-refractivity contribution in [1.29, 1.82) is 0 Å². The molecule has 1 aliphatic carbocycles. The second kappa shape index (κ2) is 7.41. The van der Waals surface area contributed by atoms with Crippen LogP contribution in [0.5, 0.6) is 0 Å². The summed E-state index contributed by atoms with van der Waals surface area (Å²) in [6.45, 7) is 4.35. The fourth-order valence-corrected chi connectivity index (χ4v) is 3.40. The molecule has 4 heteroatoms. The number of aromatic nitrogens is 2. The van der Waals surface area contributed by atoms with Gasteiger partial charge in [-0.2, -0.15) is 5.10 Å². The minimum Gasteiger partial charge on any atom is -0.377 e. The monoisotopic (exact) mass is 293 g/mol. The van der Waals surface area contributed by atoms with Gasteiger partial charge >= 0.3 is 0 Å². The van der Waals surface area contributed by atoms with Crippen molar-refractivity contribution in [2.45, 2.75) is 76.5 Å². The summed E-state index contributed by atoms with van der Waals surface area (Å²) in [5.41, 5.74) is 1.01. The lowest BCUT2D eigenvalue weighted by molar-refractivity contribution is -0.0271. The third-order valence-corrected chi connectivity index (χ3v) is 5.28. The Bertz CT molecular complexity index is 419. The molecule has 0 aromatic carbocycles. The quantitative estimate of drug-likeness (QED) is 0.838. The van der Waals surface area contributed by atoms with Crippen molar-refractivity contribution in [3.05, 3.63) is 18.0 Å². The van der Waals surface area contributed by atoms with Crippen LogP contribution in [0, 0.1) is 0 Å². The molecule has 1 aliphatic rings. The van der Waals surface area contributed by atoms with Crippen molar-refractivity contribution < 1.29 is 4.74 Å². The van der Waals surface area contributed by atoms with E-state index >= 15 is 0 Å². The highest BCUT2D eigenvalue weighted by atomic mass is 16.5. The number of hydrogen-bond acceptors (Lipinski definition) is 3. The average molecular weight is 293 g/mol. The normalized spacial score (nSPS) is 21.1. The minimum absolute atomic E-state index is 0.149. The molecule has 2 unspecified atom stereocenters. The van der Waals surface area contributed by atoms with Crippen LogP contribution in [0.1, 0.15) is 64.1 Å². The Hall–Kier alpha value is -0.870. The Morgan fingerprint density at radius 2 is 2.14 bits per heavy atom. The van der Waals surface area contributed by atoms with E-state index in [4.69, 9.17) is 9.84 Å². The zero-order valence-corrected chi connectivity index (χ0v) is 14.1. The molecule has 1 N–H and O–H groups in total. The van der Waals surface area contributed by atoms with Gasteiger partial charge in [-0.25, -0.2) is 0 Å². The van der Waals surface area contributed by atoms with Gasteiger partial charge in [0.1, 0.15) is 0 Å². The summed E-state index contributed by atoms with van der Waals surface area (Å²) >= 11 is 0. The molecule has 1 aromatic heterocycles. The van der Waals surface area contributed by atoms with E-state index in [2.05, 4.69) is 36.1 Å². The molecular weight excluding hydrogens is 262 g/mol. The summed E-state index contributed by atoms with van der Waals surface area (Å²) in [7, 11) is 3.81. The molecule has 4 nitrogen and oxygen atoms in total. The van der Waals surface area contributed by atoms with E-state index < -0.39 is 0 Å². The first-order chi connectivity index (χ1) is 10.1. The molecule has 0 bridgehead atoms. The van der Waals surface area contributed by atoms with Gasteiger partial charge in [-0.15, -0.1) is 0 Å². The summed E-state index contributed by atoms with van der Waals surface area (Å²) in [6.07, 6.45) is 10.7. The lowest BCUT2D eigenvalue weighted by Crippen LogP contribution is -2.49. The van der Waals surface area contributed by atoms with Crippen molar-refractivity contribution in [3.8, 4) is 0 Å². The Labute approximate surface area is 129 Å². The first kappa shape index (κ1) is 16.5. The van der Waals surface area contributed by atoms with Crippen LogP contribution in [0.4, 0.5) is 0 Å². The fraction of sp³-hybridized carbons (Fsp3) is 0.824. The van der Waals surface area contributed by atoms with Gasteiger partial charge in [0.15, 0.2) is 0 Å². The molecule has 21 heavy (non-hydrogen) atoms. The molecule has 0 amide bonds. The number of ether oxygens (including phenoxy) is 1. The van der Waals surface area contributed by atoms with Crippen LogP contribution in [0.3, 0.4) is 0 Å². The smallest absolute Gasteiger partial charge is 0.0804 e. The number of rotatable bonds is 7. The maximum Gasteiger partial charge on any atom is 0.0804 e. The molecule has 0 saturated heterocycles. The van der Waals surface area contributed by atoms with E-state index in [1.54, 1.807) is 7.11 Å². The molecule has 120 valence electrons. The van der Waals surface area contributed by atoms with Crippen molar-refractivity contribution in [2.75, 3.05) is 14.2 Å². The molecule has 1 aromatic rings. The number of hydrogen-bond donors (Lipinski definition) is 1. The number of likely N-dealkylation sites (N-methyl/N-ethyl adjacent to an activating group) is 1. The highest BCUT2D eigenvalue weighted by Gasteiger charge is 2.32. The maximum absolute atomic E-state index is 5.74. The van der Waals surface area contributed by atoms with Crippen LogP contribution in [0.15, 0.2) is 12.3 Å². The zero-order chi connectivity index (χ0) is 15.3. The van der Waals surface area contributed by atoms with Crippen molar-refractivity contribution in [2.24, 2.45) is 0 Å². The molecule has 0 radical (unpaired) electrons. The fourth-order valence-electron chi connectivity index (χ4n) is 3.40. The van der Waals surface area contributed by atoms with Gasteiger partial charge in [0.25, 0.3) is 0 Å². The minimum atomic E-state index is -0.149. The Morgan fingerprint density at radius 3 is 2.71 bits per heavy atom. The van der Waals surface area contributed by atoms with E-state index in [1.807, 2.05) is 7.05 Å². The maximum atomic E-state index is 5.74. The third-order valence-electron chi connectivity index (χ3n) is 5.28. The lowest BCUT2D eigenvalue weighted by atomic mass is 9.90. The predicted molar refractivity (Wildman–Crippen MR) is 86.6 cm³/mol. The lowest BCUT2D eigenvalue weighted by Gasteiger charge is -2.35. The van der Waals surface area contributed by atoms with Crippen LogP contribution >= 0.6 is 0 Å². The van der Waals surface area contributed by atoms with Gasteiger partial charge in [0, 0.05) is 25.8 Å². The van der Waals surface area contributed by atoms with Crippen LogP contribution in [0.2, 0.25) is 0 Å². The van der Waals surface area contributed by atoms with Gasteiger partial charge < -0.3 is 10.1 Å². The van der Waals surface area contributed by atoms with Crippen LogP contribution in [-0.2, 0) is 11.2 Å². The molecule has 2 atom stereocenters. The SMILES string of the molecule is CCC(C)(OC)C(Cc1ccn(C2CCCCC2)n1)NC. The first-order valence-corrected chi connectivity index (χ1v) is 8.39. The van der Waals surface area contributed by atoms with Gasteiger partial charge in [0.05, 0.1) is 17.3 Å². The average Bonchev–Trinajstić information content (AvgIpc) is 3.01. The van der Waals surface area contributed by atoms with Gasteiger partial charge in [-0.1, -0.05) is 26.2 Å². The van der Waals surface area contributed by atoms with Crippen LogP contribution in [-0.4, -0.2) is 35.6 Å². The number of nitrogens with zero attached hydrogens (tertiary/aromatic N) is 2. The van der Waals surface area contributed by atoms with Crippen LogP contribution < -0.4 is 5.32 Å². The van der Waals surface area contributed by atoms with E-state index in [0.29, 0.717) is 6.04 Å². The second-order valence-corrected chi connectivity index (χ2v) is 6.49. The molecular formula is C17H31N3O. The van der Waals surface area contributed by atoms with E-state index in [1.165, 1.54) is 32.1 Å². The van der Waals surface area contributed by atoms with Gasteiger partial charge in [-0.05, 0) is 39.3 Å². The second-order valence-electron chi connectivity index (χ2n) is 6.49. The van der Waals surface area contributed by atoms with Crippen LogP contribution in [0.25, 0.3) is 0 Å². The Balaban J connectivity index is 2.03. The number of methoxy groups -OCH3 is 1. The predicted octanol–water partition coefficient (Wildman–Crippen LogP) is 3.33. The number of nitrogens with one attached hydrogen (secondary N) is 1. The molecule has 0 aliphatic heterocycles. The Kier molecular flexibility index (Phi) is 5.82. The highest BCUT2D eigenvalue weighted by Crippen LogP contribution is 2.28. The molecule has 1 saturated carbocycles. The van der Waals surface area contributed by atoms with Crippen molar-refractivity contribution in [3.63, 3.8) is 0 Å². The van der Waals surface area contributed by atoms with Gasteiger partial charge in [-0.3, -0.25) is 4.68 Å². The highest BCUT2D eigenvalue weighted by molar-refractivity contribution is 5.05. The largest absolute Gasteiger partial charge is 0.377 e. The summed E-state index contributed by atoms with van der Waals surface area (Å²) in [6, 6.07) is 3.06. The summed E-state index contributed by atoms with van der Waals surface area (Å²) in [4.78, 5) is 0. The van der Waals surface area contributed by atoms with Crippen molar-refractivity contribution >= 4 is 0 Å². The summed E-state index contributed by atoms with van der Waals surface area (Å²) in [5.74, 6) is 0. The molecule has 1 fully saturated rings. The summed E-state index contributed by atoms with van der Waals surface area (Å²) in [5, 5.41) is 8.23. The first-order valence-electron chi connectivity index (χ1n) is 8.39. The van der Waals surface area contributed by atoms with E-state index in [9.17, 15) is 0 Å². The van der Waals surface area contributed by atoms with E-state index in [0.717, 1.165) is 18.5 Å². The van der Waals surface area contributed by atoms with Crippen molar-refractivity contribution in [1.82, 2.24) is 15.1 Å².